The topological polar surface area (TPSA) is 89.5 Å². The fourth-order valence-corrected chi connectivity index (χ4v) is 0.408. The molecule has 0 aliphatic heterocycles. The molecule has 0 spiro atoms. The van der Waals surface area contributed by atoms with Crippen molar-refractivity contribution in [2.75, 3.05) is 0 Å². The van der Waals surface area contributed by atoms with Crippen LogP contribution in [0.2, 0.25) is 0 Å². The first-order valence-corrected chi connectivity index (χ1v) is 3.00. The van der Waals surface area contributed by atoms with E-state index in [2.05, 4.69) is 3.63 Å². The van der Waals surface area contributed by atoms with Gasteiger partial charge in [0.1, 0.15) is 0 Å². The zero-order valence-electron chi connectivity index (χ0n) is 3.46. The average molecular weight is 538 g/mol. The molecule has 0 fully saturated rings. The summed E-state index contributed by atoms with van der Waals surface area (Å²) in [6.45, 7) is 0. The predicted octanol–water partition coefficient (Wildman–Crippen LogP) is -1.41. The van der Waals surface area contributed by atoms with E-state index in [1.54, 1.807) is 0 Å². The van der Waals surface area contributed by atoms with Gasteiger partial charge < -0.3 is 9.11 Å². The van der Waals surface area contributed by atoms with E-state index in [4.69, 9.17) is 0 Å². The van der Waals surface area contributed by atoms with Gasteiger partial charge in [-0.3, -0.25) is 0 Å². The molecule has 0 saturated carbocycles. The molecule has 64 valence electrons. The van der Waals surface area contributed by atoms with E-state index in [-0.39, 0.29) is 44.8 Å². The van der Waals surface area contributed by atoms with E-state index in [9.17, 15) is 17.5 Å². The minimum Gasteiger partial charge on any atom is -0.749 e. The van der Waals surface area contributed by atoms with Gasteiger partial charge in [-0.25, -0.2) is 12.0 Å². The van der Waals surface area contributed by atoms with Gasteiger partial charge >= 0.3 is 44.8 Å². The van der Waals surface area contributed by atoms with Crippen LogP contribution >= 0.6 is 0 Å². The molecule has 0 amide bonds. The molecule has 0 radical (unpaired) electrons. The second-order valence-electron chi connectivity index (χ2n) is 0.476. The van der Waals surface area contributed by atoms with E-state index >= 15 is 0 Å². The van der Waals surface area contributed by atoms with Crippen LogP contribution in [0.5, 0.6) is 0 Å². The maximum atomic E-state index is 9.19. The Bertz CT molecular complexity index is 89.1. The molecule has 0 bridgehead atoms. The summed E-state index contributed by atoms with van der Waals surface area (Å²) >= 11 is -5.92. The molecule has 0 saturated heterocycles. The largest absolute Gasteiger partial charge is 1.00 e. The molecule has 0 aromatic carbocycles. The summed E-state index contributed by atoms with van der Waals surface area (Å²) in [6, 6.07) is 0. The first kappa shape index (κ1) is 17.0. The second kappa shape index (κ2) is 9.66. The van der Waals surface area contributed by atoms with Gasteiger partial charge in [-0.1, -0.05) is 0 Å². The minimum absolute atomic E-state index is 0. The van der Waals surface area contributed by atoms with Crippen molar-refractivity contribution in [2.24, 2.45) is 0 Å². The van der Waals surface area contributed by atoms with Crippen molar-refractivity contribution in [1.82, 2.24) is 0 Å². The molecule has 9 heavy (non-hydrogen) atoms. The molecular weight excluding hydrogens is 538 g/mol. The average Bonchev–Trinajstić information content (AvgIpc) is 1.27. The first-order chi connectivity index (χ1) is 3.13. The Morgan fingerprint density at radius 1 is 1.00 bits per heavy atom. The Morgan fingerprint density at radius 3 is 1.22 bits per heavy atom. The third-order valence-electron chi connectivity index (χ3n) is 0.111. The van der Waals surface area contributed by atoms with Crippen molar-refractivity contribution in [3.63, 3.8) is 0 Å². The molecule has 5 nitrogen and oxygen atoms in total. The van der Waals surface area contributed by atoms with E-state index in [1.165, 1.54) is 0 Å². The SMILES string of the molecule is O=S([O-])OS(=O)[O-].[Au+].[Au+]. The summed E-state index contributed by atoms with van der Waals surface area (Å²) < 4.78 is 39.9. The molecule has 0 aliphatic rings. The zero-order chi connectivity index (χ0) is 5.86. The fraction of sp³-hybridized carbons (Fsp3) is 0. The minimum atomic E-state index is -2.96. The zero-order valence-corrected chi connectivity index (χ0v) is 9.43. The Labute approximate surface area is 87.9 Å². The van der Waals surface area contributed by atoms with Crippen molar-refractivity contribution in [2.45, 2.75) is 0 Å². The summed E-state index contributed by atoms with van der Waals surface area (Å²) in [4.78, 5) is 0. The van der Waals surface area contributed by atoms with Gasteiger partial charge in [0.05, 0.1) is 22.7 Å². The Hall–Kier alpha value is 1.66. The van der Waals surface area contributed by atoms with Gasteiger partial charge in [0, 0.05) is 0 Å². The monoisotopic (exact) mass is 538 g/mol. The third-order valence-corrected chi connectivity index (χ3v) is 1.00. The van der Waals surface area contributed by atoms with E-state index in [0.29, 0.717) is 0 Å². The van der Waals surface area contributed by atoms with Crippen molar-refractivity contribution in [1.29, 1.82) is 0 Å². The van der Waals surface area contributed by atoms with Crippen LogP contribution in [0.4, 0.5) is 0 Å². The van der Waals surface area contributed by atoms with Crippen LogP contribution < -0.4 is 0 Å². The summed E-state index contributed by atoms with van der Waals surface area (Å²) in [7, 11) is 0. The standard InChI is InChI=1S/2Au.H2O5S2/c;;1-6(2)5-7(3)4/h;;(H,1,2)(H,3,4)/q2*+1;/p-2. The van der Waals surface area contributed by atoms with E-state index in [0.717, 1.165) is 0 Å². The predicted molar refractivity (Wildman–Crippen MR) is 18.9 cm³/mol. The number of rotatable bonds is 2. The van der Waals surface area contributed by atoms with Crippen molar-refractivity contribution in [3.8, 4) is 0 Å². The van der Waals surface area contributed by atoms with Crippen LogP contribution in [0.3, 0.4) is 0 Å². The van der Waals surface area contributed by atoms with Crippen molar-refractivity contribution in [3.05, 3.63) is 0 Å². The summed E-state index contributed by atoms with van der Waals surface area (Å²) in [6.07, 6.45) is 0. The van der Waals surface area contributed by atoms with Crippen LogP contribution in [0.1, 0.15) is 0 Å². The van der Waals surface area contributed by atoms with Crippen LogP contribution in [-0.2, 0) is 71.1 Å². The summed E-state index contributed by atoms with van der Waals surface area (Å²) in [5.74, 6) is 0. The van der Waals surface area contributed by atoms with Crippen molar-refractivity contribution < 1.29 is 65.9 Å². The summed E-state index contributed by atoms with van der Waals surface area (Å²) in [5.41, 5.74) is 0. The Kier molecular flexibility index (Phi) is 18.2. The fourth-order valence-electron chi connectivity index (χ4n) is 0.0454. The Balaban J connectivity index is -0.000000180. The quantitative estimate of drug-likeness (QED) is 0.319. The number of hydrogen-bond acceptors (Lipinski definition) is 5. The van der Waals surface area contributed by atoms with Gasteiger partial charge in [0.2, 0.25) is 0 Å². The number of hydrogen-bond donors (Lipinski definition) is 0. The van der Waals surface area contributed by atoms with Crippen LogP contribution in [0, 0.1) is 0 Å². The molecule has 0 atom stereocenters. The maximum Gasteiger partial charge on any atom is 1.00 e. The Morgan fingerprint density at radius 2 is 1.22 bits per heavy atom. The summed E-state index contributed by atoms with van der Waals surface area (Å²) in [5, 5.41) is 0. The molecule has 0 aliphatic carbocycles. The second-order valence-corrected chi connectivity index (χ2v) is 1.84. The molecule has 0 heterocycles. The van der Waals surface area contributed by atoms with E-state index < -0.39 is 22.7 Å². The van der Waals surface area contributed by atoms with Gasteiger partial charge in [-0.2, -0.15) is 0 Å². The van der Waals surface area contributed by atoms with Gasteiger partial charge in [0.25, 0.3) is 0 Å². The van der Waals surface area contributed by atoms with Crippen LogP contribution in [0.15, 0.2) is 0 Å². The molecule has 0 aromatic heterocycles. The molecule has 0 rings (SSSR count). The first-order valence-electron chi connectivity index (χ1n) is 1.00. The van der Waals surface area contributed by atoms with Crippen molar-refractivity contribution >= 4 is 22.7 Å². The molecular formula is Au2O5S2. The maximum absolute atomic E-state index is 9.19. The van der Waals surface area contributed by atoms with Crippen LogP contribution in [-0.4, -0.2) is 17.5 Å². The van der Waals surface area contributed by atoms with Gasteiger partial charge in [0.15, 0.2) is 0 Å². The molecule has 0 unspecified atom stereocenters. The van der Waals surface area contributed by atoms with Gasteiger partial charge in [-0.05, 0) is 0 Å². The van der Waals surface area contributed by atoms with Crippen LogP contribution in [0.25, 0.3) is 0 Å². The molecule has 0 aromatic rings. The van der Waals surface area contributed by atoms with Gasteiger partial charge in [-0.15, -0.1) is 0 Å². The molecule has 9 heteroatoms. The smallest absolute Gasteiger partial charge is 0.749 e. The van der Waals surface area contributed by atoms with E-state index in [1.807, 2.05) is 0 Å². The molecule has 0 N–H and O–H groups in total. The normalized spacial score (nSPS) is 14.4. The third kappa shape index (κ3) is 17.7.